The molecule has 0 fully saturated rings. The molecule has 170 valence electrons. The molecule has 4 rings (SSSR count). The zero-order valence-corrected chi connectivity index (χ0v) is 20.0. The third-order valence-electron chi connectivity index (χ3n) is 5.32. The van der Waals surface area contributed by atoms with Crippen LogP contribution in [0.25, 0.3) is 10.2 Å². The van der Waals surface area contributed by atoms with Crippen molar-refractivity contribution in [3.05, 3.63) is 94.8 Å². The molecule has 0 aliphatic heterocycles. The Labute approximate surface area is 196 Å². The summed E-state index contributed by atoms with van der Waals surface area (Å²) in [6, 6.07) is 24.1. The van der Waals surface area contributed by atoms with E-state index in [2.05, 4.69) is 4.99 Å². The van der Waals surface area contributed by atoms with Crippen molar-refractivity contribution in [3.63, 3.8) is 0 Å². The van der Waals surface area contributed by atoms with Gasteiger partial charge in [0.05, 0.1) is 27.6 Å². The molecule has 0 spiro atoms. The number of nitrogens with zero attached hydrogens (tertiary/aromatic N) is 2. The highest BCUT2D eigenvalue weighted by molar-refractivity contribution is 7.90. The van der Waals surface area contributed by atoms with Gasteiger partial charge in [0, 0.05) is 19.9 Å². The summed E-state index contributed by atoms with van der Waals surface area (Å²) < 4.78 is 31.9. The molecule has 6 nitrogen and oxygen atoms in total. The van der Waals surface area contributed by atoms with Crippen molar-refractivity contribution in [2.45, 2.75) is 17.4 Å². The SMILES string of the molecule is COCCn1c(=NC(=O)C(c2ccccc2)c2ccccc2)sc2cc(S(C)(=O)=O)ccc21. The Kier molecular flexibility index (Phi) is 6.88. The summed E-state index contributed by atoms with van der Waals surface area (Å²) in [5.41, 5.74) is 2.54. The molecule has 0 atom stereocenters. The second kappa shape index (κ2) is 9.82. The van der Waals surface area contributed by atoms with Crippen molar-refractivity contribution in [1.82, 2.24) is 4.57 Å². The molecule has 1 aromatic heterocycles. The maximum Gasteiger partial charge on any atom is 0.260 e. The number of methoxy groups -OCH3 is 1. The lowest BCUT2D eigenvalue weighted by Crippen LogP contribution is -2.22. The minimum atomic E-state index is -3.35. The molecule has 0 bridgehead atoms. The average molecular weight is 481 g/mol. The number of hydrogen-bond acceptors (Lipinski definition) is 5. The van der Waals surface area contributed by atoms with Crippen molar-refractivity contribution >= 4 is 37.3 Å². The average Bonchev–Trinajstić information content (AvgIpc) is 3.14. The van der Waals surface area contributed by atoms with Gasteiger partial charge < -0.3 is 9.30 Å². The normalized spacial score (nSPS) is 12.5. The molecule has 1 heterocycles. The lowest BCUT2D eigenvalue weighted by Gasteiger charge is -2.14. The molecule has 8 heteroatoms. The minimum absolute atomic E-state index is 0.236. The number of benzene rings is 3. The Morgan fingerprint density at radius 3 is 2.15 bits per heavy atom. The van der Waals surface area contributed by atoms with Gasteiger partial charge in [-0.3, -0.25) is 4.79 Å². The highest BCUT2D eigenvalue weighted by Gasteiger charge is 2.23. The monoisotopic (exact) mass is 480 g/mol. The van der Waals surface area contributed by atoms with E-state index in [1.165, 1.54) is 17.6 Å². The Morgan fingerprint density at radius 2 is 1.61 bits per heavy atom. The molecule has 33 heavy (non-hydrogen) atoms. The summed E-state index contributed by atoms with van der Waals surface area (Å²) in [5, 5.41) is 0. The van der Waals surface area contributed by atoms with E-state index < -0.39 is 15.8 Å². The second-order valence-electron chi connectivity index (χ2n) is 7.64. The van der Waals surface area contributed by atoms with Gasteiger partial charge in [-0.15, -0.1) is 0 Å². The number of rotatable bonds is 7. The summed E-state index contributed by atoms with van der Waals surface area (Å²) in [7, 11) is -1.74. The summed E-state index contributed by atoms with van der Waals surface area (Å²) in [5.74, 6) is -0.825. The number of hydrogen-bond donors (Lipinski definition) is 0. The van der Waals surface area contributed by atoms with Gasteiger partial charge in [0.2, 0.25) is 0 Å². The van der Waals surface area contributed by atoms with Crippen LogP contribution in [0.5, 0.6) is 0 Å². The first kappa shape index (κ1) is 23.1. The minimum Gasteiger partial charge on any atom is -0.383 e. The van der Waals surface area contributed by atoms with Gasteiger partial charge in [-0.1, -0.05) is 72.0 Å². The van der Waals surface area contributed by atoms with Crippen LogP contribution in [0.2, 0.25) is 0 Å². The van der Waals surface area contributed by atoms with E-state index in [-0.39, 0.29) is 10.8 Å². The lowest BCUT2D eigenvalue weighted by atomic mass is 9.91. The van der Waals surface area contributed by atoms with E-state index in [1.807, 2.05) is 65.2 Å². The van der Waals surface area contributed by atoms with Gasteiger partial charge in [0.1, 0.15) is 0 Å². The van der Waals surface area contributed by atoms with Crippen molar-refractivity contribution in [3.8, 4) is 0 Å². The summed E-state index contributed by atoms with van der Waals surface area (Å²) >= 11 is 1.30. The van der Waals surface area contributed by atoms with Gasteiger partial charge in [-0.05, 0) is 29.3 Å². The molecular weight excluding hydrogens is 456 g/mol. The van der Waals surface area contributed by atoms with Gasteiger partial charge in [0.15, 0.2) is 14.6 Å². The maximum absolute atomic E-state index is 13.5. The molecule has 0 radical (unpaired) electrons. The summed E-state index contributed by atoms with van der Waals surface area (Å²) in [6.07, 6.45) is 1.18. The standard InChI is InChI=1S/C25H24N2O4S2/c1-31-16-15-27-21-14-13-20(33(2,29)30)17-22(21)32-25(27)26-24(28)23(18-9-5-3-6-10-18)19-11-7-4-8-12-19/h3-14,17,23H,15-16H2,1-2H3. The summed E-state index contributed by atoms with van der Waals surface area (Å²) in [6.45, 7) is 0.921. The molecule has 1 amide bonds. The molecule has 0 saturated carbocycles. The summed E-state index contributed by atoms with van der Waals surface area (Å²) in [4.78, 5) is 18.8. The third kappa shape index (κ3) is 5.13. The van der Waals surface area contributed by atoms with Gasteiger partial charge in [0.25, 0.3) is 5.91 Å². The zero-order valence-electron chi connectivity index (χ0n) is 18.3. The maximum atomic E-state index is 13.5. The van der Waals surface area contributed by atoms with Gasteiger partial charge in [-0.2, -0.15) is 4.99 Å². The number of ether oxygens (including phenoxy) is 1. The molecule has 4 aromatic rings. The smallest absolute Gasteiger partial charge is 0.260 e. The highest BCUT2D eigenvalue weighted by Crippen LogP contribution is 2.27. The first-order chi connectivity index (χ1) is 15.9. The Morgan fingerprint density at radius 1 is 1.00 bits per heavy atom. The van der Waals surface area contributed by atoms with Crippen LogP contribution in [0.15, 0.2) is 88.8 Å². The first-order valence-electron chi connectivity index (χ1n) is 10.4. The molecule has 0 unspecified atom stereocenters. The van der Waals surface area contributed by atoms with Crippen LogP contribution < -0.4 is 4.80 Å². The molecule has 3 aromatic carbocycles. The van der Waals surface area contributed by atoms with Crippen LogP contribution in [-0.2, 0) is 25.9 Å². The number of fused-ring (bicyclic) bond motifs is 1. The Balaban J connectivity index is 1.87. The van der Waals surface area contributed by atoms with Gasteiger partial charge in [-0.25, -0.2) is 8.42 Å². The predicted molar refractivity (Wildman–Crippen MR) is 130 cm³/mol. The predicted octanol–water partition coefficient (Wildman–Crippen LogP) is 4.01. The molecular formula is C25H24N2O4S2. The van der Waals surface area contributed by atoms with Crippen LogP contribution in [0.4, 0.5) is 0 Å². The van der Waals surface area contributed by atoms with Gasteiger partial charge >= 0.3 is 0 Å². The van der Waals surface area contributed by atoms with E-state index in [1.54, 1.807) is 25.3 Å². The number of carbonyl (C=O) groups excluding carboxylic acids is 1. The molecule has 0 N–H and O–H groups in total. The van der Waals surface area contributed by atoms with Crippen LogP contribution in [0.1, 0.15) is 17.0 Å². The van der Waals surface area contributed by atoms with Crippen molar-refractivity contribution < 1.29 is 17.9 Å². The first-order valence-corrected chi connectivity index (χ1v) is 13.1. The highest BCUT2D eigenvalue weighted by atomic mass is 32.2. The van der Waals surface area contributed by atoms with E-state index >= 15 is 0 Å². The molecule has 0 saturated heterocycles. The van der Waals surface area contributed by atoms with Crippen LogP contribution in [-0.4, -0.2) is 38.9 Å². The fraction of sp³-hybridized carbons (Fsp3) is 0.200. The number of carbonyl (C=O) groups is 1. The van der Waals surface area contributed by atoms with Crippen molar-refractivity contribution in [2.24, 2.45) is 4.99 Å². The van der Waals surface area contributed by atoms with Crippen molar-refractivity contribution in [2.75, 3.05) is 20.0 Å². The number of aromatic nitrogens is 1. The molecule has 0 aliphatic rings. The zero-order chi connectivity index (χ0) is 23.4. The topological polar surface area (TPSA) is 77.7 Å². The van der Waals surface area contributed by atoms with Crippen LogP contribution >= 0.6 is 11.3 Å². The fourth-order valence-corrected chi connectivity index (χ4v) is 5.52. The van der Waals surface area contributed by atoms with E-state index in [9.17, 15) is 13.2 Å². The fourth-order valence-electron chi connectivity index (χ4n) is 3.70. The molecule has 0 aliphatic carbocycles. The quantitative estimate of drug-likeness (QED) is 0.400. The second-order valence-corrected chi connectivity index (χ2v) is 10.7. The van der Waals surface area contributed by atoms with Crippen LogP contribution in [0, 0.1) is 0 Å². The van der Waals surface area contributed by atoms with E-state index in [0.29, 0.717) is 18.0 Å². The van der Waals surface area contributed by atoms with E-state index in [0.717, 1.165) is 21.3 Å². The lowest BCUT2D eigenvalue weighted by molar-refractivity contribution is -0.118. The Bertz CT molecular complexity index is 1400. The third-order valence-corrected chi connectivity index (χ3v) is 7.47. The van der Waals surface area contributed by atoms with Crippen LogP contribution in [0.3, 0.4) is 0 Å². The Hall–Kier alpha value is -3.07. The number of amides is 1. The van der Waals surface area contributed by atoms with E-state index in [4.69, 9.17) is 4.74 Å². The number of sulfone groups is 1. The van der Waals surface area contributed by atoms with Crippen molar-refractivity contribution in [1.29, 1.82) is 0 Å². The number of thiazole rings is 1. The largest absolute Gasteiger partial charge is 0.383 e.